The number of nitrogens with zero attached hydrogens (tertiary/aromatic N) is 2. The van der Waals surface area contributed by atoms with E-state index in [0.717, 1.165) is 34.7 Å². The lowest BCUT2D eigenvalue weighted by Crippen LogP contribution is -2.29. The molecule has 0 unspecified atom stereocenters. The maximum Gasteiger partial charge on any atom is 0.255 e. The Morgan fingerprint density at radius 1 is 1.10 bits per heavy atom. The van der Waals surface area contributed by atoms with Crippen LogP contribution in [0.4, 0.5) is 0 Å². The van der Waals surface area contributed by atoms with Gasteiger partial charge in [-0.1, -0.05) is 6.07 Å². The molecule has 29 heavy (non-hydrogen) atoms. The van der Waals surface area contributed by atoms with Crippen molar-refractivity contribution in [3.63, 3.8) is 0 Å². The Morgan fingerprint density at radius 3 is 2.52 bits per heavy atom. The number of likely N-dealkylation sites (N-methyl/N-ethyl adjacent to an activating group) is 1. The van der Waals surface area contributed by atoms with Crippen LogP contribution < -0.4 is 9.47 Å². The van der Waals surface area contributed by atoms with Crippen molar-refractivity contribution in [3.05, 3.63) is 70.9 Å². The van der Waals surface area contributed by atoms with Crippen molar-refractivity contribution < 1.29 is 18.7 Å². The highest BCUT2D eigenvalue weighted by Gasteiger charge is 2.19. The van der Waals surface area contributed by atoms with Crippen molar-refractivity contribution in [3.8, 4) is 11.5 Å². The third-order valence-electron chi connectivity index (χ3n) is 5.23. The predicted octanol–water partition coefficient (Wildman–Crippen LogP) is 4.08. The van der Waals surface area contributed by atoms with E-state index < -0.39 is 0 Å². The quantitative estimate of drug-likeness (QED) is 0.576. The maximum atomic E-state index is 13.0. The first-order chi connectivity index (χ1) is 13.9. The standard InChI is InChI=1S/C23H28N2O4/c1-16-13-20(17(2)25(16)15-19-7-6-12-29-19)23(26)24(3)11-10-18-8-9-21(27-4)22(14-18)28-5/h6-9,12-14H,10-11,15H2,1-5H3. The summed E-state index contributed by atoms with van der Waals surface area (Å²) in [5, 5.41) is 0. The first-order valence-electron chi connectivity index (χ1n) is 9.60. The lowest BCUT2D eigenvalue weighted by molar-refractivity contribution is 0.0795. The molecule has 6 nitrogen and oxygen atoms in total. The van der Waals surface area contributed by atoms with Crippen LogP contribution in [0.5, 0.6) is 11.5 Å². The number of amides is 1. The van der Waals surface area contributed by atoms with E-state index in [1.54, 1.807) is 25.4 Å². The Labute approximate surface area is 171 Å². The third kappa shape index (κ3) is 4.47. The van der Waals surface area contributed by atoms with Gasteiger partial charge in [-0.3, -0.25) is 4.79 Å². The predicted molar refractivity (Wildman–Crippen MR) is 112 cm³/mol. The molecule has 3 rings (SSSR count). The Kier molecular flexibility index (Phi) is 6.32. The van der Waals surface area contributed by atoms with E-state index in [9.17, 15) is 4.79 Å². The normalized spacial score (nSPS) is 10.8. The van der Waals surface area contributed by atoms with Crippen LogP contribution in [0.1, 0.15) is 33.1 Å². The number of benzene rings is 1. The summed E-state index contributed by atoms with van der Waals surface area (Å²) in [6.07, 6.45) is 2.39. The van der Waals surface area contributed by atoms with Crippen molar-refractivity contribution in [2.45, 2.75) is 26.8 Å². The average molecular weight is 396 g/mol. The Hall–Kier alpha value is -3.15. The van der Waals surface area contributed by atoms with Gasteiger partial charge in [-0.15, -0.1) is 0 Å². The zero-order chi connectivity index (χ0) is 21.0. The minimum atomic E-state index is 0.0178. The van der Waals surface area contributed by atoms with Crippen LogP contribution >= 0.6 is 0 Å². The Bertz CT molecular complexity index is 973. The second-order valence-corrected chi connectivity index (χ2v) is 7.12. The molecule has 0 radical (unpaired) electrons. The fraction of sp³-hybridized carbons (Fsp3) is 0.348. The zero-order valence-corrected chi connectivity index (χ0v) is 17.7. The Balaban J connectivity index is 1.69. The summed E-state index contributed by atoms with van der Waals surface area (Å²) in [6, 6.07) is 11.6. The fourth-order valence-electron chi connectivity index (χ4n) is 3.46. The van der Waals surface area contributed by atoms with Crippen molar-refractivity contribution >= 4 is 5.91 Å². The number of carbonyl (C=O) groups excluding carboxylic acids is 1. The van der Waals surface area contributed by atoms with E-state index in [1.165, 1.54) is 0 Å². The van der Waals surface area contributed by atoms with Crippen LogP contribution in [0.15, 0.2) is 47.1 Å². The molecule has 3 aromatic rings. The number of ether oxygens (including phenoxy) is 2. The second-order valence-electron chi connectivity index (χ2n) is 7.12. The van der Waals surface area contributed by atoms with Gasteiger partial charge in [0, 0.05) is 25.0 Å². The van der Waals surface area contributed by atoms with Crippen molar-refractivity contribution in [2.75, 3.05) is 27.8 Å². The summed E-state index contributed by atoms with van der Waals surface area (Å²) >= 11 is 0. The lowest BCUT2D eigenvalue weighted by atomic mass is 10.1. The van der Waals surface area contributed by atoms with Gasteiger partial charge in [-0.05, 0) is 56.2 Å². The zero-order valence-electron chi connectivity index (χ0n) is 17.7. The molecule has 0 N–H and O–H groups in total. The van der Waals surface area contributed by atoms with E-state index in [1.807, 2.05) is 57.3 Å². The summed E-state index contributed by atoms with van der Waals surface area (Å²) in [4.78, 5) is 14.8. The molecule has 0 fully saturated rings. The molecule has 0 saturated carbocycles. The summed E-state index contributed by atoms with van der Waals surface area (Å²) in [5.41, 5.74) is 3.80. The van der Waals surface area contributed by atoms with Gasteiger partial charge < -0.3 is 23.4 Å². The van der Waals surface area contributed by atoms with Gasteiger partial charge >= 0.3 is 0 Å². The number of rotatable bonds is 8. The number of hydrogen-bond acceptors (Lipinski definition) is 4. The molecular formula is C23H28N2O4. The fourth-order valence-corrected chi connectivity index (χ4v) is 3.46. The van der Waals surface area contributed by atoms with Crippen molar-refractivity contribution in [2.24, 2.45) is 0 Å². The molecule has 2 aromatic heterocycles. The van der Waals surface area contributed by atoms with Gasteiger partial charge in [-0.25, -0.2) is 0 Å². The molecule has 1 amide bonds. The monoisotopic (exact) mass is 396 g/mol. The highest BCUT2D eigenvalue weighted by atomic mass is 16.5. The first kappa shape index (κ1) is 20.6. The summed E-state index contributed by atoms with van der Waals surface area (Å²) < 4.78 is 18.2. The highest BCUT2D eigenvalue weighted by molar-refractivity contribution is 5.95. The van der Waals surface area contributed by atoms with E-state index >= 15 is 0 Å². The van der Waals surface area contributed by atoms with Gasteiger partial charge in [0.15, 0.2) is 11.5 Å². The molecule has 6 heteroatoms. The van der Waals surface area contributed by atoms with Crippen molar-refractivity contribution in [1.29, 1.82) is 0 Å². The average Bonchev–Trinajstić information content (AvgIpc) is 3.34. The number of carbonyl (C=O) groups is 1. The van der Waals surface area contributed by atoms with Gasteiger partial charge in [0.25, 0.3) is 5.91 Å². The third-order valence-corrected chi connectivity index (χ3v) is 5.23. The van der Waals surface area contributed by atoms with Gasteiger partial charge in [0.1, 0.15) is 5.76 Å². The minimum absolute atomic E-state index is 0.0178. The smallest absolute Gasteiger partial charge is 0.255 e. The molecule has 2 heterocycles. The van der Waals surface area contributed by atoms with Crippen LogP contribution in [-0.2, 0) is 13.0 Å². The molecule has 0 atom stereocenters. The number of aromatic nitrogens is 1. The van der Waals surface area contributed by atoms with E-state index in [4.69, 9.17) is 13.9 Å². The Morgan fingerprint density at radius 2 is 1.86 bits per heavy atom. The molecule has 0 aliphatic rings. The summed E-state index contributed by atoms with van der Waals surface area (Å²) in [6.45, 7) is 5.21. The molecule has 1 aromatic carbocycles. The molecule has 0 aliphatic heterocycles. The molecule has 154 valence electrons. The van der Waals surface area contributed by atoms with Crippen LogP contribution in [0.25, 0.3) is 0 Å². The number of furan rings is 1. The number of methoxy groups -OCH3 is 2. The largest absolute Gasteiger partial charge is 0.493 e. The first-order valence-corrected chi connectivity index (χ1v) is 9.60. The van der Waals surface area contributed by atoms with Crippen LogP contribution in [0.3, 0.4) is 0 Å². The maximum absolute atomic E-state index is 13.0. The SMILES string of the molecule is COc1ccc(CCN(C)C(=O)c2cc(C)n(Cc3ccco3)c2C)cc1OC. The van der Waals surface area contributed by atoms with E-state index in [-0.39, 0.29) is 5.91 Å². The lowest BCUT2D eigenvalue weighted by Gasteiger charge is -2.18. The number of aryl methyl sites for hydroxylation is 1. The van der Waals surface area contributed by atoms with Gasteiger partial charge in [0.05, 0.1) is 32.6 Å². The minimum Gasteiger partial charge on any atom is -0.493 e. The second kappa shape index (κ2) is 8.90. The molecule has 0 spiro atoms. The van der Waals surface area contributed by atoms with E-state index in [2.05, 4.69) is 4.57 Å². The number of hydrogen-bond donors (Lipinski definition) is 0. The molecular weight excluding hydrogens is 368 g/mol. The molecule has 0 saturated heterocycles. The summed E-state index contributed by atoms with van der Waals surface area (Å²) in [7, 11) is 5.07. The molecule has 0 aliphatic carbocycles. The van der Waals surface area contributed by atoms with Crippen LogP contribution in [-0.4, -0.2) is 43.2 Å². The topological polar surface area (TPSA) is 56.8 Å². The van der Waals surface area contributed by atoms with Crippen LogP contribution in [0, 0.1) is 13.8 Å². The highest BCUT2D eigenvalue weighted by Crippen LogP contribution is 2.28. The van der Waals surface area contributed by atoms with Crippen molar-refractivity contribution in [1.82, 2.24) is 9.47 Å². The van der Waals surface area contributed by atoms with Crippen LogP contribution in [0.2, 0.25) is 0 Å². The van der Waals surface area contributed by atoms with Gasteiger partial charge in [-0.2, -0.15) is 0 Å². The molecule has 0 bridgehead atoms. The summed E-state index contributed by atoms with van der Waals surface area (Å²) in [5.74, 6) is 2.28. The van der Waals surface area contributed by atoms with Gasteiger partial charge in [0.2, 0.25) is 0 Å². The van der Waals surface area contributed by atoms with E-state index in [0.29, 0.717) is 24.6 Å².